The SMILES string of the molecule is CC(C)CS(=O)(=O)/C=C/C(C)(C)C. The normalized spacial score (nSPS) is 14.3. The van der Waals surface area contributed by atoms with Gasteiger partial charge in [0.1, 0.15) is 0 Å². The summed E-state index contributed by atoms with van der Waals surface area (Å²) >= 11 is 0. The molecular formula is C10H20O2S. The monoisotopic (exact) mass is 204 g/mol. The molecule has 2 nitrogen and oxygen atoms in total. The third kappa shape index (κ3) is 8.03. The lowest BCUT2D eigenvalue weighted by atomic mass is 9.98. The molecule has 3 heteroatoms. The third-order valence-electron chi connectivity index (χ3n) is 1.34. The Morgan fingerprint density at radius 3 is 2.00 bits per heavy atom. The van der Waals surface area contributed by atoms with Crippen molar-refractivity contribution in [2.45, 2.75) is 34.6 Å². The lowest BCUT2D eigenvalue weighted by Crippen LogP contribution is -2.09. The van der Waals surface area contributed by atoms with Crippen LogP contribution >= 0.6 is 0 Å². The fourth-order valence-electron chi connectivity index (χ4n) is 0.828. The standard InChI is InChI=1S/C10H20O2S/c1-9(2)8-13(11,12)7-6-10(3,4)5/h6-7,9H,8H2,1-5H3/b7-6+. The van der Waals surface area contributed by atoms with E-state index in [0.29, 0.717) is 0 Å². The van der Waals surface area contributed by atoms with Gasteiger partial charge in [-0.1, -0.05) is 40.7 Å². The van der Waals surface area contributed by atoms with Crippen LogP contribution in [-0.4, -0.2) is 14.2 Å². The molecule has 78 valence electrons. The van der Waals surface area contributed by atoms with Crippen LogP contribution in [0, 0.1) is 11.3 Å². The Balaban J connectivity index is 4.44. The van der Waals surface area contributed by atoms with Crippen LogP contribution in [0.2, 0.25) is 0 Å². The van der Waals surface area contributed by atoms with Gasteiger partial charge in [0.25, 0.3) is 0 Å². The van der Waals surface area contributed by atoms with Crippen LogP contribution < -0.4 is 0 Å². The number of rotatable bonds is 3. The Bertz CT molecular complexity index is 266. The summed E-state index contributed by atoms with van der Waals surface area (Å²) in [6.45, 7) is 9.75. The molecule has 0 spiro atoms. The fraction of sp³-hybridized carbons (Fsp3) is 0.800. The minimum absolute atomic E-state index is 0.0654. The van der Waals surface area contributed by atoms with Gasteiger partial charge in [-0.05, 0) is 11.3 Å². The number of allylic oxidation sites excluding steroid dienone is 1. The van der Waals surface area contributed by atoms with E-state index in [4.69, 9.17) is 0 Å². The number of hydrogen-bond donors (Lipinski definition) is 0. The number of sulfone groups is 1. The molecule has 0 saturated carbocycles. The van der Waals surface area contributed by atoms with Crippen molar-refractivity contribution in [3.63, 3.8) is 0 Å². The zero-order chi connectivity index (χ0) is 10.7. The van der Waals surface area contributed by atoms with E-state index in [2.05, 4.69) is 0 Å². The second kappa shape index (κ2) is 4.27. The molecule has 0 bridgehead atoms. The Morgan fingerprint density at radius 2 is 1.69 bits per heavy atom. The summed E-state index contributed by atoms with van der Waals surface area (Å²) in [5.74, 6) is 0.425. The maximum absolute atomic E-state index is 11.4. The van der Waals surface area contributed by atoms with E-state index in [9.17, 15) is 8.42 Å². The first-order valence-electron chi connectivity index (χ1n) is 4.54. The van der Waals surface area contributed by atoms with Gasteiger partial charge in [0.15, 0.2) is 9.84 Å². The lowest BCUT2D eigenvalue weighted by Gasteiger charge is -2.11. The zero-order valence-electron chi connectivity index (χ0n) is 9.16. The van der Waals surface area contributed by atoms with Gasteiger partial charge in [-0.3, -0.25) is 0 Å². The van der Waals surface area contributed by atoms with E-state index in [1.54, 1.807) is 6.08 Å². The molecule has 0 saturated heterocycles. The van der Waals surface area contributed by atoms with E-state index in [-0.39, 0.29) is 17.1 Å². The summed E-state index contributed by atoms with van der Waals surface area (Å²) in [4.78, 5) is 0. The summed E-state index contributed by atoms with van der Waals surface area (Å²) in [6, 6.07) is 0. The topological polar surface area (TPSA) is 34.1 Å². The average molecular weight is 204 g/mol. The van der Waals surface area contributed by atoms with Gasteiger partial charge in [0.05, 0.1) is 5.75 Å². The Hall–Kier alpha value is -0.310. The van der Waals surface area contributed by atoms with Gasteiger partial charge < -0.3 is 0 Å². The molecule has 0 aliphatic rings. The molecule has 0 unspecified atom stereocenters. The predicted molar refractivity (Wildman–Crippen MR) is 57.2 cm³/mol. The summed E-state index contributed by atoms with van der Waals surface area (Å²) in [5.41, 5.74) is -0.0654. The Labute approximate surface area is 82.0 Å². The quantitative estimate of drug-likeness (QED) is 0.708. The molecule has 0 aromatic heterocycles. The largest absolute Gasteiger partial charge is 0.224 e. The molecule has 0 atom stereocenters. The van der Waals surface area contributed by atoms with Crippen LogP contribution in [0.1, 0.15) is 34.6 Å². The summed E-state index contributed by atoms with van der Waals surface area (Å²) in [6.07, 6.45) is 1.74. The first-order valence-corrected chi connectivity index (χ1v) is 6.26. The molecule has 0 N–H and O–H groups in total. The maximum atomic E-state index is 11.4. The Kier molecular flexibility index (Phi) is 4.17. The van der Waals surface area contributed by atoms with Crippen LogP contribution in [0.4, 0.5) is 0 Å². The minimum atomic E-state index is -2.99. The molecule has 0 radical (unpaired) electrons. The van der Waals surface area contributed by atoms with Gasteiger partial charge in [-0.15, -0.1) is 0 Å². The van der Waals surface area contributed by atoms with Gasteiger partial charge >= 0.3 is 0 Å². The average Bonchev–Trinajstić information content (AvgIpc) is 1.79. The molecule has 0 amide bonds. The highest BCUT2D eigenvalue weighted by molar-refractivity contribution is 7.94. The van der Waals surface area contributed by atoms with Crippen molar-refractivity contribution >= 4 is 9.84 Å². The predicted octanol–water partition coefficient (Wildman–Crippen LogP) is 2.62. The van der Waals surface area contributed by atoms with Crippen molar-refractivity contribution in [2.75, 3.05) is 5.75 Å². The van der Waals surface area contributed by atoms with Crippen molar-refractivity contribution in [3.05, 3.63) is 11.5 Å². The maximum Gasteiger partial charge on any atom is 0.171 e. The van der Waals surface area contributed by atoms with Gasteiger partial charge in [0.2, 0.25) is 0 Å². The third-order valence-corrected chi connectivity index (χ3v) is 3.02. The van der Waals surface area contributed by atoms with Gasteiger partial charge in [0, 0.05) is 5.41 Å². The zero-order valence-corrected chi connectivity index (χ0v) is 9.98. The van der Waals surface area contributed by atoms with Crippen LogP contribution in [0.5, 0.6) is 0 Å². The van der Waals surface area contributed by atoms with Gasteiger partial charge in [-0.2, -0.15) is 0 Å². The van der Waals surface area contributed by atoms with Crippen LogP contribution in [0.3, 0.4) is 0 Å². The van der Waals surface area contributed by atoms with E-state index in [1.165, 1.54) is 5.41 Å². The minimum Gasteiger partial charge on any atom is -0.224 e. The molecule has 0 aromatic carbocycles. The van der Waals surface area contributed by atoms with E-state index < -0.39 is 9.84 Å². The van der Waals surface area contributed by atoms with E-state index in [0.717, 1.165) is 0 Å². The first-order chi connectivity index (χ1) is 5.62. The van der Waals surface area contributed by atoms with E-state index in [1.807, 2.05) is 34.6 Å². The second-order valence-electron chi connectivity index (χ2n) is 4.89. The highest BCUT2D eigenvalue weighted by Crippen LogP contribution is 2.16. The molecular weight excluding hydrogens is 184 g/mol. The second-order valence-corrected chi connectivity index (χ2v) is 6.82. The van der Waals surface area contributed by atoms with Crippen molar-refractivity contribution in [3.8, 4) is 0 Å². The van der Waals surface area contributed by atoms with E-state index >= 15 is 0 Å². The fourth-order valence-corrected chi connectivity index (χ4v) is 2.48. The van der Waals surface area contributed by atoms with Crippen molar-refractivity contribution < 1.29 is 8.42 Å². The van der Waals surface area contributed by atoms with Crippen LogP contribution in [0.25, 0.3) is 0 Å². The molecule has 0 rings (SSSR count). The molecule has 0 aliphatic carbocycles. The highest BCUT2D eigenvalue weighted by Gasteiger charge is 2.11. The first kappa shape index (κ1) is 12.7. The van der Waals surface area contributed by atoms with Crippen molar-refractivity contribution in [2.24, 2.45) is 11.3 Å². The molecule has 0 fully saturated rings. The summed E-state index contributed by atoms with van der Waals surface area (Å²) in [5, 5.41) is 1.34. The number of hydrogen-bond acceptors (Lipinski definition) is 2. The molecule has 0 aliphatic heterocycles. The summed E-state index contributed by atoms with van der Waals surface area (Å²) in [7, 11) is -2.99. The lowest BCUT2D eigenvalue weighted by molar-refractivity contribution is 0.542. The van der Waals surface area contributed by atoms with Gasteiger partial charge in [-0.25, -0.2) is 8.42 Å². The molecule has 13 heavy (non-hydrogen) atoms. The van der Waals surface area contributed by atoms with Crippen molar-refractivity contribution in [1.29, 1.82) is 0 Å². The smallest absolute Gasteiger partial charge is 0.171 e. The molecule has 0 aromatic rings. The van der Waals surface area contributed by atoms with Crippen LogP contribution in [0.15, 0.2) is 11.5 Å². The Morgan fingerprint density at radius 1 is 1.23 bits per heavy atom. The molecule has 0 heterocycles. The van der Waals surface area contributed by atoms with Crippen molar-refractivity contribution in [1.82, 2.24) is 0 Å². The van der Waals surface area contributed by atoms with Crippen LogP contribution in [-0.2, 0) is 9.84 Å². The highest BCUT2D eigenvalue weighted by atomic mass is 32.2. The summed E-state index contributed by atoms with van der Waals surface area (Å²) < 4.78 is 22.8.